The number of hydrogen-bond donors (Lipinski definition) is 0. The Hall–Kier alpha value is -3.06. The molecule has 0 aromatic heterocycles. The number of amides is 2. The number of benzene rings is 3. The number of halogens is 2. The van der Waals surface area contributed by atoms with Crippen LogP contribution in [-0.4, -0.2) is 25.0 Å². The SMILES string of the molecule is COc1ccccc1[C@H]1[C@H]2C(=O)N(c3ccc(Cl)c(Cl)c3)C(=O)[C@@H]2ON1c1ccccc1. The lowest BCUT2D eigenvalue weighted by molar-refractivity contribution is -0.126. The maximum Gasteiger partial charge on any atom is 0.266 e. The molecule has 3 aromatic rings. The van der Waals surface area contributed by atoms with Crippen LogP contribution in [0, 0.1) is 5.92 Å². The summed E-state index contributed by atoms with van der Waals surface area (Å²) in [5.41, 5.74) is 1.85. The van der Waals surface area contributed by atoms with Crippen molar-refractivity contribution >= 4 is 46.4 Å². The van der Waals surface area contributed by atoms with Crippen molar-refractivity contribution in [3.63, 3.8) is 0 Å². The molecule has 0 aliphatic carbocycles. The molecule has 2 saturated heterocycles. The number of carbonyl (C=O) groups is 2. The van der Waals surface area contributed by atoms with Crippen molar-refractivity contribution in [1.82, 2.24) is 0 Å². The van der Waals surface area contributed by atoms with E-state index in [4.69, 9.17) is 32.8 Å². The van der Waals surface area contributed by atoms with Gasteiger partial charge in [0.2, 0.25) is 5.91 Å². The average molecular weight is 469 g/mol. The molecule has 0 saturated carbocycles. The summed E-state index contributed by atoms with van der Waals surface area (Å²) in [6.45, 7) is 0. The zero-order valence-electron chi connectivity index (χ0n) is 16.9. The fraction of sp³-hybridized carbons (Fsp3) is 0.167. The van der Waals surface area contributed by atoms with Gasteiger partial charge in [0.25, 0.3) is 5.91 Å². The molecule has 0 bridgehead atoms. The second-order valence-electron chi connectivity index (χ2n) is 7.51. The first-order valence-electron chi connectivity index (χ1n) is 9.98. The predicted octanol–water partition coefficient (Wildman–Crippen LogP) is 5.05. The fourth-order valence-electron chi connectivity index (χ4n) is 4.32. The average Bonchev–Trinajstić information content (AvgIpc) is 3.32. The van der Waals surface area contributed by atoms with E-state index in [9.17, 15) is 9.59 Å². The minimum atomic E-state index is -0.980. The van der Waals surface area contributed by atoms with E-state index in [2.05, 4.69) is 0 Å². The molecule has 0 unspecified atom stereocenters. The van der Waals surface area contributed by atoms with Crippen molar-refractivity contribution in [3.05, 3.63) is 88.4 Å². The number of anilines is 2. The van der Waals surface area contributed by atoms with E-state index in [0.717, 1.165) is 16.2 Å². The minimum Gasteiger partial charge on any atom is -0.496 e. The van der Waals surface area contributed by atoms with Crippen LogP contribution >= 0.6 is 23.2 Å². The molecule has 2 aliphatic rings. The van der Waals surface area contributed by atoms with E-state index in [1.54, 1.807) is 24.3 Å². The van der Waals surface area contributed by atoms with Crippen LogP contribution in [0.2, 0.25) is 10.0 Å². The number of ether oxygens (including phenoxy) is 1. The third-order valence-electron chi connectivity index (χ3n) is 5.75. The molecule has 5 rings (SSSR count). The maximum absolute atomic E-state index is 13.6. The molecular formula is C24H18Cl2N2O4. The number of hydrogen-bond acceptors (Lipinski definition) is 5. The fourth-order valence-corrected chi connectivity index (χ4v) is 4.61. The first-order chi connectivity index (χ1) is 15.5. The summed E-state index contributed by atoms with van der Waals surface area (Å²) in [5, 5.41) is 2.23. The largest absolute Gasteiger partial charge is 0.496 e. The van der Waals surface area contributed by atoms with Crippen LogP contribution < -0.4 is 14.7 Å². The van der Waals surface area contributed by atoms with E-state index in [1.807, 2.05) is 54.6 Å². The van der Waals surface area contributed by atoms with Gasteiger partial charge in [-0.3, -0.25) is 14.4 Å². The Balaban J connectivity index is 1.61. The monoisotopic (exact) mass is 468 g/mol. The number of imide groups is 1. The molecule has 2 heterocycles. The molecule has 2 amide bonds. The Morgan fingerprint density at radius 2 is 1.56 bits per heavy atom. The molecule has 2 aliphatic heterocycles. The second kappa shape index (κ2) is 8.13. The smallest absolute Gasteiger partial charge is 0.266 e. The Labute approximate surface area is 194 Å². The van der Waals surface area contributed by atoms with Gasteiger partial charge < -0.3 is 4.74 Å². The van der Waals surface area contributed by atoms with Crippen LogP contribution in [0.25, 0.3) is 0 Å². The van der Waals surface area contributed by atoms with E-state index < -0.39 is 24.0 Å². The highest BCUT2D eigenvalue weighted by Gasteiger charge is 2.60. The van der Waals surface area contributed by atoms with Crippen molar-refractivity contribution in [2.45, 2.75) is 12.1 Å². The van der Waals surface area contributed by atoms with Gasteiger partial charge >= 0.3 is 0 Å². The molecule has 0 radical (unpaired) electrons. The van der Waals surface area contributed by atoms with Gasteiger partial charge in [0.05, 0.1) is 34.6 Å². The van der Waals surface area contributed by atoms with Crippen LogP contribution in [0.4, 0.5) is 11.4 Å². The van der Waals surface area contributed by atoms with Crippen molar-refractivity contribution in [2.24, 2.45) is 5.92 Å². The van der Waals surface area contributed by atoms with Crippen molar-refractivity contribution in [3.8, 4) is 5.75 Å². The quantitative estimate of drug-likeness (QED) is 0.501. The standard InChI is InChI=1S/C24H18Cl2N2O4/c1-31-19-10-6-5-9-16(19)21-20-22(32-28(21)14-7-3-2-4-8-14)24(30)27(23(20)29)15-11-12-17(25)18(26)13-15/h2-13,20-22H,1H3/t20-,21+,22-/m1/s1. The van der Waals surface area contributed by atoms with Crippen LogP contribution in [-0.2, 0) is 14.4 Å². The van der Waals surface area contributed by atoms with Gasteiger partial charge in [0.15, 0.2) is 6.10 Å². The number of para-hydroxylation sites is 2. The van der Waals surface area contributed by atoms with E-state index in [1.165, 1.54) is 6.07 Å². The topological polar surface area (TPSA) is 59.1 Å². The Morgan fingerprint density at radius 3 is 2.28 bits per heavy atom. The number of hydroxylamine groups is 1. The molecule has 0 spiro atoms. The summed E-state index contributed by atoms with van der Waals surface area (Å²) in [4.78, 5) is 34.2. The molecule has 2 fully saturated rings. The van der Waals surface area contributed by atoms with Crippen LogP contribution in [0.1, 0.15) is 11.6 Å². The first-order valence-corrected chi connectivity index (χ1v) is 10.7. The third-order valence-corrected chi connectivity index (χ3v) is 6.48. The van der Waals surface area contributed by atoms with Crippen molar-refractivity contribution in [2.75, 3.05) is 17.1 Å². The predicted molar refractivity (Wildman–Crippen MR) is 122 cm³/mol. The minimum absolute atomic E-state index is 0.259. The number of methoxy groups -OCH3 is 1. The van der Waals surface area contributed by atoms with Gasteiger partial charge in [-0.25, -0.2) is 9.96 Å². The second-order valence-corrected chi connectivity index (χ2v) is 8.32. The normalized spacial score (nSPS) is 22.4. The lowest BCUT2D eigenvalue weighted by atomic mass is 9.90. The molecular weight excluding hydrogens is 451 g/mol. The molecule has 0 N–H and O–H groups in total. The lowest BCUT2D eigenvalue weighted by Crippen LogP contribution is -2.37. The summed E-state index contributed by atoms with van der Waals surface area (Å²) in [5.74, 6) is -0.978. The van der Waals surface area contributed by atoms with Crippen LogP contribution in [0.3, 0.4) is 0 Å². The molecule has 6 nitrogen and oxygen atoms in total. The van der Waals surface area contributed by atoms with E-state index in [-0.39, 0.29) is 10.9 Å². The third kappa shape index (κ3) is 3.23. The summed E-state index contributed by atoms with van der Waals surface area (Å²) in [6, 6.07) is 20.9. The van der Waals surface area contributed by atoms with Crippen molar-refractivity contribution in [1.29, 1.82) is 0 Å². The van der Waals surface area contributed by atoms with E-state index in [0.29, 0.717) is 16.5 Å². The highest BCUT2D eigenvalue weighted by Crippen LogP contribution is 2.49. The Bertz CT molecular complexity index is 1200. The number of nitrogens with zero attached hydrogens (tertiary/aromatic N) is 2. The first kappa shape index (κ1) is 20.8. The number of rotatable bonds is 4. The lowest BCUT2D eigenvalue weighted by Gasteiger charge is -2.29. The van der Waals surface area contributed by atoms with Crippen LogP contribution in [0.5, 0.6) is 5.75 Å². The van der Waals surface area contributed by atoms with E-state index >= 15 is 0 Å². The maximum atomic E-state index is 13.6. The summed E-state index contributed by atoms with van der Waals surface area (Å²) >= 11 is 12.2. The molecule has 3 atom stereocenters. The van der Waals surface area contributed by atoms with Gasteiger partial charge in [-0.2, -0.15) is 0 Å². The highest BCUT2D eigenvalue weighted by atomic mass is 35.5. The van der Waals surface area contributed by atoms with Gasteiger partial charge in [-0.05, 0) is 36.4 Å². The Kier molecular flexibility index (Phi) is 5.29. The van der Waals surface area contributed by atoms with Crippen LogP contribution in [0.15, 0.2) is 72.8 Å². The molecule has 8 heteroatoms. The molecule has 162 valence electrons. The van der Waals surface area contributed by atoms with Gasteiger partial charge in [0.1, 0.15) is 11.7 Å². The van der Waals surface area contributed by atoms with Crippen molar-refractivity contribution < 1.29 is 19.2 Å². The number of fused-ring (bicyclic) bond motifs is 1. The Morgan fingerprint density at radius 1 is 0.844 bits per heavy atom. The number of carbonyl (C=O) groups excluding carboxylic acids is 2. The van der Waals surface area contributed by atoms with Gasteiger partial charge in [0, 0.05) is 5.56 Å². The van der Waals surface area contributed by atoms with Gasteiger partial charge in [-0.15, -0.1) is 0 Å². The molecule has 32 heavy (non-hydrogen) atoms. The summed E-state index contributed by atoms with van der Waals surface area (Å²) in [7, 11) is 1.57. The molecule has 3 aromatic carbocycles. The van der Waals surface area contributed by atoms with Gasteiger partial charge in [-0.1, -0.05) is 59.6 Å². The zero-order valence-corrected chi connectivity index (χ0v) is 18.5. The summed E-state index contributed by atoms with van der Waals surface area (Å²) < 4.78 is 5.57. The highest BCUT2D eigenvalue weighted by molar-refractivity contribution is 6.42. The zero-order chi connectivity index (χ0) is 22.4. The summed E-state index contributed by atoms with van der Waals surface area (Å²) in [6.07, 6.45) is -0.980.